The van der Waals surface area contributed by atoms with E-state index in [1.807, 2.05) is 0 Å². The summed E-state index contributed by atoms with van der Waals surface area (Å²) in [5.74, 6) is -0.355. The average Bonchev–Trinajstić information content (AvgIpc) is 2.68. The van der Waals surface area contributed by atoms with E-state index in [1.54, 1.807) is 0 Å². The molecule has 10 nitrogen and oxygen atoms in total. The van der Waals surface area contributed by atoms with Gasteiger partial charge in [-0.25, -0.2) is 10.1 Å². The SMILES string of the molecule is CCCCC(CC)COCCCNC(=O)[C@H](O)[C@@H](O)[C@H](O)[C@H](O)COOO. The van der Waals surface area contributed by atoms with Crippen molar-refractivity contribution in [3.63, 3.8) is 0 Å². The predicted octanol–water partition coefficient (Wildman–Crippen LogP) is -0.409. The molecule has 5 atom stereocenters. The molecule has 0 aromatic heterocycles. The highest BCUT2D eigenvalue weighted by atomic mass is 17.5. The van der Waals surface area contributed by atoms with Crippen LogP contribution < -0.4 is 5.32 Å². The van der Waals surface area contributed by atoms with E-state index in [0.29, 0.717) is 25.6 Å². The fourth-order valence-corrected chi connectivity index (χ4v) is 2.41. The van der Waals surface area contributed by atoms with Crippen LogP contribution >= 0.6 is 0 Å². The summed E-state index contributed by atoms with van der Waals surface area (Å²) in [5.41, 5.74) is 0. The third-order valence-corrected chi connectivity index (χ3v) is 4.29. The quantitative estimate of drug-likeness (QED) is 0.109. The molecule has 6 N–H and O–H groups in total. The molecular formula is C17H35NO9. The third kappa shape index (κ3) is 11.6. The summed E-state index contributed by atoms with van der Waals surface area (Å²) in [7, 11) is 0. The molecule has 0 rings (SSSR count). The van der Waals surface area contributed by atoms with E-state index in [9.17, 15) is 25.2 Å². The normalized spacial score (nSPS) is 17.1. The fourth-order valence-electron chi connectivity index (χ4n) is 2.41. The Kier molecular flexibility index (Phi) is 15.6. The second-order valence-electron chi connectivity index (χ2n) is 6.49. The minimum absolute atomic E-state index is 0.231. The Morgan fingerprint density at radius 2 is 1.74 bits per heavy atom. The highest BCUT2D eigenvalue weighted by Crippen LogP contribution is 2.12. The molecule has 0 heterocycles. The van der Waals surface area contributed by atoms with Crippen molar-refractivity contribution in [2.45, 2.75) is 70.4 Å². The molecule has 0 aliphatic rings. The molecule has 0 saturated heterocycles. The van der Waals surface area contributed by atoms with Crippen molar-refractivity contribution in [2.24, 2.45) is 5.92 Å². The number of carbonyl (C=O) groups is 1. The van der Waals surface area contributed by atoms with Gasteiger partial charge in [0.1, 0.15) is 24.9 Å². The lowest BCUT2D eigenvalue weighted by Crippen LogP contribution is -2.52. The number of aliphatic hydroxyl groups is 4. The van der Waals surface area contributed by atoms with Crippen LogP contribution in [0.1, 0.15) is 46.0 Å². The first-order valence-electron chi connectivity index (χ1n) is 9.39. The summed E-state index contributed by atoms with van der Waals surface area (Å²) >= 11 is 0. The lowest BCUT2D eigenvalue weighted by Gasteiger charge is -2.25. The van der Waals surface area contributed by atoms with Gasteiger partial charge in [0.05, 0.1) is 0 Å². The predicted molar refractivity (Wildman–Crippen MR) is 95.4 cm³/mol. The van der Waals surface area contributed by atoms with Crippen molar-refractivity contribution >= 4 is 5.91 Å². The molecule has 1 amide bonds. The number of rotatable bonds is 17. The monoisotopic (exact) mass is 397 g/mol. The summed E-state index contributed by atoms with van der Waals surface area (Å²) in [6.45, 7) is 4.98. The van der Waals surface area contributed by atoms with Crippen molar-refractivity contribution in [1.82, 2.24) is 5.32 Å². The Morgan fingerprint density at radius 3 is 2.33 bits per heavy atom. The Hall–Kier alpha value is -0.850. The summed E-state index contributed by atoms with van der Waals surface area (Å²) in [4.78, 5) is 15.8. The van der Waals surface area contributed by atoms with Crippen LogP contribution in [0.25, 0.3) is 0 Å². The second-order valence-corrected chi connectivity index (χ2v) is 6.49. The number of nitrogens with one attached hydrogen (secondary N) is 1. The van der Waals surface area contributed by atoms with Gasteiger partial charge in [-0.15, -0.1) is 0 Å². The molecule has 0 spiro atoms. The van der Waals surface area contributed by atoms with Crippen LogP contribution in [0.3, 0.4) is 0 Å². The summed E-state index contributed by atoms with van der Waals surface area (Å²) in [5, 5.41) is 52.2. The van der Waals surface area contributed by atoms with Gasteiger partial charge in [0.2, 0.25) is 0 Å². The first kappa shape index (κ1) is 26.1. The Morgan fingerprint density at radius 1 is 1.04 bits per heavy atom. The van der Waals surface area contributed by atoms with Crippen LogP contribution in [0.15, 0.2) is 0 Å². The Labute approximate surface area is 159 Å². The smallest absolute Gasteiger partial charge is 0.251 e. The first-order valence-corrected chi connectivity index (χ1v) is 9.39. The van der Waals surface area contributed by atoms with E-state index in [1.165, 1.54) is 6.42 Å². The van der Waals surface area contributed by atoms with Crippen LogP contribution in [0.5, 0.6) is 0 Å². The van der Waals surface area contributed by atoms with E-state index in [-0.39, 0.29) is 6.54 Å². The van der Waals surface area contributed by atoms with Gasteiger partial charge < -0.3 is 30.5 Å². The number of hydrogen-bond donors (Lipinski definition) is 6. The summed E-state index contributed by atoms with van der Waals surface area (Å²) < 4.78 is 5.60. The first-order chi connectivity index (χ1) is 12.9. The maximum Gasteiger partial charge on any atom is 0.251 e. The van der Waals surface area contributed by atoms with Gasteiger partial charge in [-0.1, -0.05) is 38.1 Å². The molecule has 0 aliphatic carbocycles. The second kappa shape index (κ2) is 16.1. The Balaban J connectivity index is 3.99. The lowest BCUT2D eigenvalue weighted by atomic mass is 10.0. The van der Waals surface area contributed by atoms with E-state index >= 15 is 0 Å². The van der Waals surface area contributed by atoms with Crippen molar-refractivity contribution < 1.29 is 45.1 Å². The van der Waals surface area contributed by atoms with Gasteiger partial charge in [0.25, 0.3) is 5.91 Å². The van der Waals surface area contributed by atoms with Gasteiger partial charge >= 0.3 is 0 Å². The number of ether oxygens (including phenoxy) is 1. The summed E-state index contributed by atoms with van der Waals surface area (Å²) in [6, 6.07) is 0. The number of amides is 1. The highest BCUT2D eigenvalue weighted by molar-refractivity contribution is 5.81. The van der Waals surface area contributed by atoms with Gasteiger partial charge in [0, 0.05) is 19.8 Å². The molecule has 27 heavy (non-hydrogen) atoms. The van der Waals surface area contributed by atoms with Crippen molar-refractivity contribution in [2.75, 3.05) is 26.4 Å². The van der Waals surface area contributed by atoms with Gasteiger partial charge in [-0.3, -0.25) is 4.79 Å². The van der Waals surface area contributed by atoms with Crippen LogP contribution in [0.2, 0.25) is 0 Å². The van der Waals surface area contributed by atoms with Crippen molar-refractivity contribution in [3.05, 3.63) is 0 Å². The number of carbonyl (C=O) groups excluding carboxylic acids is 1. The molecule has 162 valence electrons. The third-order valence-electron chi connectivity index (χ3n) is 4.29. The molecule has 0 radical (unpaired) electrons. The van der Waals surface area contributed by atoms with E-state index in [0.717, 1.165) is 19.3 Å². The topological polar surface area (TPSA) is 158 Å². The molecular weight excluding hydrogens is 362 g/mol. The zero-order chi connectivity index (χ0) is 20.7. The molecule has 10 heteroatoms. The summed E-state index contributed by atoms with van der Waals surface area (Å²) in [6.07, 6.45) is -2.37. The Bertz CT molecular complexity index is 372. The van der Waals surface area contributed by atoms with Gasteiger partial charge in [0.15, 0.2) is 6.10 Å². The average molecular weight is 397 g/mol. The molecule has 0 aromatic carbocycles. The fraction of sp³-hybridized carbons (Fsp3) is 0.941. The number of hydrogen-bond acceptors (Lipinski definition) is 9. The largest absolute Gasteiger partial charge is 0.388 e. The zero-order valence-corrected chi connectivity index (χ0v) is 16.1. The molecule has 0 aromatic rings. The molecule has 1 unspecified atom stereocenters. The number of aliphatic hydroxyl groups excluding tert-OH is 4. The van der Waals surface area contributed by atoms with Crippen LogP contribution in [-0.4, -0.2) is 82.4 Å². The van der Waals surface area contributed by atoms with E-state index in [2.05, 4.69) is 29.1 Å². The molecule has 0 fully saturated rings. The molecule has 0 saturated carbocycles. The lowest BCUT2D eigenvalue weighted by molar-refractivity contribution is -0.495. The highest BCUT2D eigenvalue weighted by Gasteiger charge is 2.34. The van der Waals surface area contributed by atoms with E-state index in [4.69, 9.17) is 9.99 Å². The maximum absolute atomic E-state index is 11.8. The number of unbranched alkanes of at least 4 members (excludes halogenated alkanes) is 1. The van der Waals surface area contributed by atoms with Crippen molar-refractivity contribution in [1.29, 1.82) is 0 Å². The van der Waals surface area contributed by atoms with Crippen molar-refractivity contribution in [3.8, 4) is 0 Å². The van der Waals surface area contributed by atoms with Gasteiger partial charge in [-0.2, -0.15) is 0 Å². The zero-order valence-electron chi connectivity index (χ0n) is 16.1. The molecule has 0 bridgehead atoms. The standard InChI is InChI=1S/C17H35NO9/c1-3-5-7-12(4-2)10-25-9-6-8-18-17(23)16(22)15(21)14(20)13(19)11-26-27-24/h12-16,19-22,24H,3-11H2,1-2H3,(H,18,23)/t12?,13-,14-,15+,16-/m1/s1. The minimum atomic E-state index is -1.94. The maximum atomic E-state index is 11.8. The van der Waals surface area contributed by atoms with Crippen LogP contribution in [0, 0.1) is 5.92 Å². The van der Waals surface area contributed by atoms with Gasteiger partial charge in [-0.05, 0) is 18.8 Å². The van der Waals surface area contributed by atoms with Crippen LogP contribution in [-0.2, 0) is 19.5 Å². The van der Waals surface area contributed by atoms with Crippen LogP contribution in [0.4, 0.5) is 0 Å². The van der Waals surface area contributed by atoms with E-state index < -0.39 is 36.9 Å². The molecule has 0 aliphatic heterocycles. The minimum Gasteiger partial charge on any atom is -0.388 e.